The lowest BCUT2D eigenvalue weighted by Crippen LogP contribution is -2.43. The van der Waals surface area contributed by atoms with Gasteiger partial charge in [-0.05, 0) is 18.8 Å². The van der Waals surface area contributed by atoms with Crippen molar-refractivity contribution in [3.63, 3.8) is 0 Å². The second kappa shape index (κ2) is 1.49. The number of carbonyl (C=O) groups is 1. The molecule has 1 saturated heterocycles. The molecule has 0 unspecified atom stereocenters. The molecule has 2 aliphatic rings. The van der Waals surface area contributed by atoms with E-state index in [0.29, 0.717) is 12.0 Å². The second-order valence-corrected chi connectivity index (χ2v) is 3.06. The Kier molecular flexibility index (Phi) is 0.875. The lowest BCUT2D eigenvalue weighted by molar-refractivity contribution is -0.182. The average Bonchev–Trinajstić information content (AvgIpc) is 2.04. The summed E-state index contributed by atoms with van der Waals surface area (Å²) in [6, 6.07) is 0. The Morgan fingerprint density at radius 2 is 2.33 bits per heavy atom. The Hall–Kier alpha value is -0.530. The van der Waals surface area contributed by atoms with Crippen molar-refractivity contribution in [1.29, 1.82) is 0 Å². The molecule has 0 aromatic rings. The van der Waals surface area contributed by atoms with Crippen molar-refractivity contribution >= 4 is 5.97 Å². The third kappa shape index (κ3) is 0.533. The zero-order valence-corrected chi connectivity index (χ0v) is 5.46. The maximum absolute atomic E-state index is 10.7. The molecule has 1 aliphatic carbocycles. The number of fused-ring (bicyclic) bond motifs is 1. The Balaban J connectivity index is 2.14. The zero-order chi connectivity index (χ0) is 6.43. The summed E-state index contributed by atoms with van der Waals surface area (Å²) in [5.74, 6) is 0.881. The first-order valence-electron chi connectivity index (χ1n) is 3.49. The van der Waals surface area contributed by atoms with Gasteiger partial charge in [0.05, 0.1) is 5.92 Å². The van der Waals surface area contributed by atoms with Crippen LogP contribution in [0.25, 0.3) is 0 Å². The van der Waals surface area contributed by atoms with Gasteiger partial charge in [-0.2, -0.15) is 0 Å². The Bertz CT molecular complexity index is 147. The number of carbonyl (C=O) groups excluding carboxylic acids is 1. The van der Waals surface area contributed by atoms with E-state index in [0.717, 1.165) is 6.42 Å². The van der Waals surface area contributed by atoms with Crippen molar-refractivity contribution in [3.8, 4) is 0 Å². The van der Waals surface area contributed by atoms with Crippen LogP contribution in [0.5, 0.6) is 0 Å². The minimum absolute atomic E-state index is 0.0324. The standard InChI is InChI=1S/C7H10O2/c1-4-2-3-5-6(4)7(8)9-5/h4-6H,2-3H2,1H3/t4-,5-,6+/m1/s1. The third-order valence-electron chi connectivity index (χ3n) is 2.46. The molecule has 1 saturated carbocycles. The highest BCUT2D eigenvalue weighted by atomic mass is 16.6. The molecule has 1 heterocycles. The highest BCUT2D eigenvalue weighted by molar-refractivity contribution is 5.79. The minimum Gasteiger partial charge on any atom is -0.461 e. The van der Waals surface area contributed by atoms with Crippen LogP contribution in [0.1, 0.15) is 19.8 Å². The van der Waals surface area contributed by atoms with Crippen molar-refractivity contribution < 1.29 is 9.53 Å². The molecule has 0 spiro atoms. The summed E-state index contributed by atoms with van der Waals surface area (Å²) in [4.78, 5) is 10.7. The highest BCUT2D eigenvalue weighted by Crippen LogP contribution is 2.41. The van der Waals surface area contributed by atoms with Crippen LogP contribution in [0.4, 0.5) is 0 Å². The summed E-state index contributed by atoms with van der Waals surface area (Å²) in [5, 5.41) is 0. The van der Waals surface area contributed by atoms with Gasteiger partial charge in [-0.15, -0.1) is 0 Å². The first-order chi connectivity index (χ1) is 4.29. The molecule has 3 atom stereocenters. The van der Waals surface area contributed by atoms with E-state index in [1.165, 1.54) is 6.42 Å². The molecule has 0 bridgehead atoms. The van der Waals surface area contributed by atoms with Gasteiger partial charge >= 0.3 is 5.97 Å². The molecule has 0 aromatic heterocycles. The lowest BCUT2D eigenvalue weighted by atomic mass is 9.93. The van der Waals surface area contributed by atoms with Crippen molar-refractivity contribution in [2.24, 2.45) is 11.8 Å². The van der Waals surface area contributed by atoms with Gasteiger partial charge in [0.15, 0.2) is 0 Å². The van der Waals surface area contributed by atoms with Crippen LogP contribution in [0.15, 0.2) is 0 Å². The molecule has 2 nitrogen and oxygen atoms in total. The van der Waals surface area contributed by atoms with E-state index >= 15 is 0 Å². The number of hydrogen-bond acceptors (Lipinski definition) is 2. The van der Waals surface area contributed by atoms with Gasteiger partial charge in [-0.25, -0.2) is 0 Å². The third-order valence-corrected chi connectivity index (χ3v) is 2.46. The van der Waals surface area contributed by atoms with Gasteiger partial charge in [0, 0.05) is 0 Å². The lowest BCUT2D eigenvalue weighted by Gasteiger charge is -2.31. The first kappa shape index (κ1) is 5.27. The minimum atomic E-state index is 0.0324. The van der Waals surface area contributed by atoms with Crippen LogP contribution >= 0.6 is 0 Å². The van der Waals surface area contributed by atoms with Crippen LogP contribution in [-0.2, 0) is 9.53 Å². The van der Waals surface area contributed by atoms with E-state index in [9.17, 15) is 4.79 Å². The summed E-state index contributed by atoms with van der Waals surface area (Å²) in [5.41, 5.74) is 0. The zero-order valence-electron chi connectivity index (χ0n) is 5.46. The fraction of sp³-hybridized carbons (Fsp3) is 0.857. The first-order valence-corrected chi connectivity index (χ1v) is 3.49. The van der Waals surface area contributed by atoms with E-state index in [2.05, 4.69) is 6.92 Å². The highest BCUT2D eigenvalue weighted by Gasteiger charge is 2.49. The van der Waals surface area contributed by atoms with Crippen LogP contribution in [-0.4, -0.2) is 12.1 Å². The molecule has 0 radical (unpaired) electrons. The van der Waals surface area contributed by atoms with Crippen LogP contribution < -0.4 is 0 Å². The van der Waals surface area contributed by atoms with Gasteiger partial charge in [-0.3, -0.25) is 4.79 Å². The number of rotatable bonds is 0. The molecule has 2 fully saturated rings. The maximum Gasteiger partial charge on any atom is 0.313 e. The molecule has 0 N–H and O–H groups in total. The van der Waals surface area contributed by atoms with E-state index in [-0.39, 0.29) is 11.9 Å². The molecule has 50 valence electrons. The predicted molar refractivity (Wildman–Crippen MR) is 31.8 cm³/mol. The Morgan fingerprint density at radius 1 is 1.56 bits per heavy atom. The summed E-state index contributed by atoms with van der Waals surface area (Å²) in [6.07, 6.45) is 2.56. The largest absolute Gasteiger partial charge is 0.461 e. The van der Waals surface area contributed by atoms with Gasteiger partial charge in [0.2, 0.25) is 0 Å². The molecule has 2 heteroatoms. The Labute approximate surface area is 54.2 Å². The molecule has 0 amide bonds. The van der Waals surface area contributed by atoms with Crippen molar-refractivity contribution in [1.82, 2.24) is 0 Å². The molecule has 2 rings (SSSR count). The van der Waals surface area contributed by atoms with Crippen molar-refractivity contribution in [2.75, 3.05) is 0 Å². The van der Waals surface area contributed by atoms with Crippen LogP contribution in [0, 0.1) is 11.8 Å². The summed E-state index contributed by atoms with van der Waals surface area (Å²) in [6.45, 7) is 2.13. The summed E-state index contributed by atoms with van der Waals surface area (Å²) < 4.78 is 4.89. The van der Waals surface area contributed by atoms with Crippen LogP contribution in [0.3, 0.4) is 0 Å². The van der Waals surface area contributed by atoms with Gasteiger partial charge in [0.1, 0.15) is 6.10 Å². The molecule has 1 aliphatic heterocycles. The molecule has 9 heavy (non-hydrogen) atoms. The SMILES string of the molecule is C[C@@H]1CC[C@H]2OC(=O)[C@@H]12. The average molecular weight is 126 g/mol. The fourth-order valence-electron chi connectivity index (χ4n) is 1.82. The van der Waals surface area contributed by atoms with E-state index in [1.54, 1.807) is 0 Å². The van der Waals surface area contributed by atoms with Crippen LogP contribution in [0.2, 0.25) is 0 Å². The number of esters is 1. The summed E-state index contributed by atoms with van der Waals surface area (Å²) in [7, 11) is 0. The monoisotopic (exact) mass is 126 g/mol. The smallest absolute Gasteiger partial charge is 0.313 e. The van der Waals surface area contributed by atoms with Crippen molar-refractivity contribution in [2.45, 2.75) is 25.9 Å². The topological polar surface area (TPSA) is 26.3 Å². The molecular formula is C7H10O2. The molecule has 0 aromatic carbocycles. The van der Waals surface area contributed by atoms with E-state index in [4.69, 9.17) is 4.74 Å². The second-order valence-electron chi connectivity index (χ2n) is 3.06. The van der Waals surface area contributed by atoms with Gasteiger partial charge in [0.25, 0.3) is 0 Å². The van der Waals surface area contributed by atoms with E-state index in [1.807, 2.05) is 0 Å². The summed E-state index contributed by atoms with van der Waals surface area (Å²) >= 11 is 0. The maximum atomic E-state index is 10.7. The Morgan fingerprint density at radius 3 is 2.78 bits per heavy atom. The van der Waals surface area contributed by atoms with Gasteiger partial charge < -0.3 is 4.74 Å². The van der Waals surface area contributed by atoms with Crippen molar-refractivity contribution in [3.05, 3.63) is 0 Å². The van der Waals surface area contributed by atoms with Gasteiger partial charge in [-0.1, -0.05) is 6.92 Å². The quantitative estimate of drug-likeness (QED) is 0.452. The van der Waals surface area contributed by atoms with E-state index < -0.39 is 0 Å². The number of hydrogen-bond donors (Lipinski definition) is 0. The fourth-order valence-corrected chi connectivity index (χ4v) is 1.82. The number of ether oxygens (including phenoxy) is 1. The molecular weight excluding hydrogens is 116 g/mol. The normalized spacial score (nSPS) is 47.7. The predicted octanol–water partition coefficient (Wildman–Crippen LogP) is 0.958.